The van der Waals surface area contributed by atoms with E-state index in [9.17, 15) is 4.79 Å². The zero-order chi connectivity index (χ0) is 17.1. The van der Waals surface area contributed by atoms with Crippen LogP contribution < -0.4 is 5.32 Å². The molecule has 1 aromatic heterocycles. The van der Waals surface area contributed by atoms with Gasteiger partial charge in [0, 0.05) is 16.6 Å². The van der Waals surface area contributed by atoms with Crippen LogP contribution in [0.3, 0.4) is 0 Å². The van der Waals surface area contributed by atoms with Gasteiger partial charge in [0.05, 0.1) is 17.1 Å². The Morgan fingerprint density at radius 1 is 1.21 bits per heavy atom. The van der Waals surface area contributed by atoms with Crippen LogP contribution in [0.15, 0.2) is 47.8 Å². The summed E-state index contributed by atoms with van der Waals surface area (Å²) < 4.78 is 0. The van der Waals surface area contributed by atoms with E-state index >= 15 is 0 Å². The van der Waals surface area contributed by atoms with E-state index in [-0.39, 0.29) is 12.3 Å². The first-order chi connectivity index (χ1) is 11.5. The number of carbonyl (C=O) groups excluding carboxylic acids is 1. The first kappa shape index (κ1) is 16.7. The molecular formula is C19H17ClN2OS. The number of anilines is 1. The fourth-order valence-corrected chi connectivity index (χ4v) is 3.60. The first-order valence-corrected chi connectivity index (χ1v) is 8.85. The van der Waals surface area contributed by atoms with Crippen LogP contribution in [0.25, 0.3) is 10.6 Å². The van der Waals surface area contributed by atoms with Crippen molar-refractivity contribution in [3.63, 3.8) is 0 Å². The van der Waals surface area contributed by atoms with Gasteiger partial charge in [-0.05, 0) is 31.5 Å². The second-order valence-corrected chi connectivity index (χ2v) is 6.93. The minimum Gasteiger partial charge on any atom is -0.326 e. The van der Waals surface area contributed by atoms with Crippen LogP contribution in [0.1, 0.15) is 16.8 Å². The Labute approximate surface area is 150 Å². The molecule has 3 aromatic rings. The molecule has 122 valence electrons. The number of carbonyl (C=O) groups is 1. The van der Waals surface area contributed by atoms with Gasteiger partial charge >= 0.3 is 0 Å². The lowest BCUT2D eigenvalue weighted by molar-refractivity contribution is -0.115. The summed E-state index contributed by atoms with van der Waals surface area (Å²) in [5.74, 6) is -0.0713. The van der Waals surface area contributed by atoms with E-state index in [0.29, 0.717) is 5.02 Å². The fraction of sp³-hybridized carbons (Fsp3) is 0.158. The maximum atomic E-state index is 12.3. The van der Waals surface area contributed by atoms with Crippen molar-refractivity contribution in [1.82, 2.24) is 4.98 Å². The second kappa shape index (κ2) is 7.16. The molecule has 24 heavy (non-hydrogen) atoms. The number of amides is 1. The molecular weight excluding hydrogens is 340 g/mol. The second-order valence-electron chi connectivity index (χ2n) is 5.67. The molecule has 0 saturated carbocycles. The minimum atomic E-state index is -0.0713. The van der Waals surface area contributed by atoms with E-state index in [1.54, 1.807) is 0 Å². The summed E-state index contributed by atoms with van der Waals surface area (Å²) in [6.07, 6.45) is 0.244. The van der Waals surface area contributed by atoms with Crippen molar-refractivity contribution in [1.29, 1.82) is 0 Å². The molecule has 0 radical (unpaired) electrons. The molecule has 0 aliphatic rings. The summed E-state index contributed by atoms with van der Waals surface area (Å²) in [4.78, 5) is 16.8. The third kappa shape index (κ3) is 3.83. The summed E-state index contributed by atoms with van der Waals surface area (Å²) in [6.45, 7) is 4.02. The zero-order valence-electron chi connectivity index (χ0n) is 13.5. The smallest absolute Gasteiger partial charge is 0.230 e. The molecule has 2 aromatic carbocycles. The van der Waals surface area contributed by atoms with Gasteiger partial charge < -0.3 is 5.32 Å². The molecule has 0 aliphatic carbocycles. The van der Waals surface area contributed by atoms with Crippen LogP contribution in [0, 0.1) is 13.8 Å². The van der Waals surface area contributed by atoms with Gasteiger partial charge in [-0.1, -0.05) is 47.5 Å². The molecule has 0 spiro atoms. The van der Waals surface area contributed by atoms with Crippen molar-refractivity contribution in [3.8, 4) is 10.6 Å². The third-order valence-corrected chi connectivity index (χ3v) is 4.91. The number of aromatic nitrogens is 1. The highest BCUT2D eigenvalue weighted by Gasteiger charge is 2.12. The largest absolute Gasteiger partial charge is 0.326 e. The van der Waals surface area contributed by atoms with Gasteiger partial charge in [-0.2, -0.15) is 0 Å². The molecule has 0 fully saturated rings. The third-order valence-electron chi connectivity index (χ3n) is 3.65. The van der Waals surface area contributed by atoms with E-state index in [2.05, 4.69) is 10.3 Å². The summed E-state index contributed by atoms with van der Waals surface area (Å²) >= 11 is 7.69. The van der Waals surface area contributed by atoms with Crippen molar-refractivity contribution in [2.24, 2.45) is 0 Å². The number of hydrogen-bond donors (Lipinski definition) is 1. The Bertz CT molecular complexity index is 889. The Hall–Kier alpha value is -2.17. The van der Waals surface area contributed by atoms with Crippen molar-refractivity contribution in [3.05, 3.63) is 69.7 Å². The topological polar surface area (TPSA) is 42.0 Å². The summed E-state index contributed by atoms with van der Waals surface area (Å²) in [7, 11) is 0. The number of rotatable bonds is 4. The lowest BCUT2D eigenvalue weighted by Gasteiger charge is -2.08. The van der Waals surface area contributed by atoms with Crippen LogP contribution in [0.5, 0.6) is 0 Å². The average Bonchev–Trinajstić information content (AvgIpc) is 2.99. The number of benzene rings is 2. The molecule has 0 aliphatic heterocycles. The number of aryl methyl sites for hydroxylation is 2. The molecule has 1 heterocycles. The van der Waals surface area contributed by atoms with Gasteiger partial charge in [-0.15, -0.1) is 11.3 Å². The van der Waals surface area contributed by atoms with Crippen molar-refractivity contribution in [2.75, 3.05) is 5.32 Å². The van der Waals surface area contributed by atoms with Crippen LogP contribution in [-0.4, -0.2) is 10.9 Å². The van der Waals surface area contributed by atoms with E-state index in [0.717, 1.165) is 27.5 Å². The van der Waals surface area contributed by atoms with Gasteiger partial charge in [0.15, 0.2) is 0 Å². The van der Waals surface area contributed by atoms with Crippen LogP contribution >= 0.6 is 22.9 Å². The average molecular weight is 357 g/mol. The molecule has 1 amide bonds. The maximum Gasteiger partial charge on any atom is 0.230 e. The maximum absolute atomic E-state index is 12.3. The lowest BCUT2D eigenvalue weighted by Crippen LogP contribution is -2.15. The number of thiazole rings is 1. The molecule has 3 nitrogen and oxygen atoms in total. The van der Waals surface area contributed by atoms with Gasteiger partial charge in [-0.25, -0.2) is 4.98 Å². The molecule has 0 bridgehead atoms. The zero-order valence-corrected chi connectivity index (χ0v) is 15.0. The summed E-state index contributed by atoms with van der Waals surface area (Å²) in [5, 5.41) is 6.34. The molecule has 3 rings (SSSR count). The Kier molecular flexibility index (Phi) is 4.97. The predicted molar refractivity (Wildman–Crippen MR) is 101 cm³/mol. The number of nitrogens with zero attached hydrogens (tertiary/aromatic N) is 1. The SMILES string of the molecule is Cc1ccc(NC(=O)Cc2csc(-c3ccccc3Cl)n2)c(C)c1. The van der Waals surface area contributed by atoms with Gasteiger partial charge in [0.1, 0.15) is 5.01 Å². The van der Waals surface area contributed by atoms with Gasteiger partial charge in [0.2, 0.25) is 5.91 Å². The summed E-state index contributed by atoms with van der Waals surface area (Å²) in [6, 6.07) is 13.5. The van der Waals surface area contributed by atoms with Gasteiger partial charge in [0.25, 0.3) is 0 Å². The lowest BCUT2D eigenvalue weighted by atomic mass is 10.1. The number of hydrogen-bond acceptors (Lipinski definition) is 3. The van der Waals surface area contributed by atoms with Crippen molar-refractivity contribution < 1.29 is 4.79 Å². The van der Waals surface area contributed by atoms with Crippen molar-refractivity contribution in [2.45, 2.75) is 20.3 Å². The Balaban J connectivity index is 1.70. The monoisotopic (exact) mass is 356 g/mol. The van der Waals surface area contributed by atoms with Crippen LogP contribution in [0.2, 0.25) is 5.02 Å². The van der Waals surface area contributed by atoms with E-state index < -0.39 is 0 Å². The highest BCUT2D eigenvalue weighted by molar-refractivity contribution is 7.13. The molecule has 5 heteroatoms. The van der Waals surface area contributed by atoms with E-state index in [1.807, 2.05) is 61.7 Å². The van der Waals surface area contributed by atoms with E-state index in [4.69, 9.17) is 11.6 Å². The van der Waals surface area contributed by atoms with E-state index in [1.165, 1.54) is 16.9 Å². The Morgan fingerprint density at radius 2 is 2.00 bits per heavy atom. The van der Waals surface area contributed by atoms with Crippen LogP contribution in [-0.2, 0) is 11.2 Å². The standard InChI is InChI=1S/C19H17ClN2OS/c1-12-7-8-17(13(2)9-12)22-18(23)10-14-11-24-19(21-14)15-5-3-4-6-16(15)20/h3-9,11H,10H2,1-2H3,(H,22,23). The van der Waals surface area contributed by atoms with Gasteiger partial charge in [-0.3, -0.25) is 4.79 Å². The van der Waals surface area contributed by atoms with Crippen molar-refractivity contribution >= 4 is 34.5 Å². The highest BCUT2D eigenvalue weighted by Crippen LogP contribution is 2.30. The Morgan fingerprint density at radius 3 is 2.75 bits per heavy atom. The molecule has 1 N–H and O–H groups in total. The quantitative estimate of drug-likeness (QED) is 0.692. The predicted octanol–water partition coefficient (Wildman–Crippen LogP) is 5.26. The molecule has 0 saturated heterocycles. The normalized spacial score (nSPS) is 10.6. The fourth-order valence-electron chi connectivity index (χ4n) is 2.46. The highest BCUT2D eigenvalue weighted by atomic mass is 35.5. The first-order valence-electron chi connectivity index (χ1n) is 7.59. The van der Waals surface area contributed by atoms with Crippen LogP contribution in [0.4, 0.5) is 5.69 Å². The number of halogens is 1. The molecule has 0 unspecified atom stereocenters. The summed E-state index contributed by atoms with van der Waals surface area (Å²) in [5.41, 5.74) is 4.71. The molecule has 0 atom stereocenters. The number of nitrogens with one attached hydrogen (secondary N) is 1. The minimum absolute atomic E-state index is 0.0713.